The lowest BCUT2D eigenvalue weighted by atomic mass is 10.2. The van der Waals surface area contributed by atoms with Crippen molar-refractivity contribution in [1.82, 2.24) is 19.9 Å². The highest BCUT2D eigenvalue weighted by Gasteiger charge is 2.20. The number of nitrogens with zero attached hydrogens (tertiary/aromatic N) is 3. The van der Waals surface area contributed by atoms with Gasteiger partial charge in [-0.3, -0.25) is 0 Å². The Hall–Kier alpha value is -2.11. The number of hydrogen-bond acceptors (Lipinski definition) is 4. The van der Waals surface area contributed by atoms with Crippen LogP contribution in [0.5, 0.6) is 5.88 Å². The summed E-state index contributed by atoms with van der Waals surface area (Å²) in [5.74, 6) is 0.700. The first-order chi connectivity index (χ1) is 12.2. The van der Waals surface area contributed by atoms with E-state index in [1.54, 1.807) is 6.33 Å². The van der Waals surface area contributed by atoms with Crippen LogP contribution in [0.15, 0.2) is 36.7 Å². The second-order valence-electron chi connectivity index (χ2n) is 6.76. The summed E-state index contributed by atoms with van der Waals surface area (Å²) in [4.78, 5) is 8.97. The van der Waals surface area contributed by atoms with E-state index in [4.69, 9.17) is 4.74 Å². The molecule has 3 heterocycles. The quantitative estimate of drug-likeness (QED) is 0.742. The van der Waals surface area contributed by atoms with Crippen molar-refractivity contribution in [3.05, 3.63) is 53.5 Å². The van der Waals surface area contributed by atoms with Crippen LogP contribution in [0.1, 0.15) is 29.7 Å². The number of ether oxygens (including phenoxy) is 1. The largest absolute Gasteiger partial charge is 0.475 e. The summed E-state index contributed by atoms with van der Waals surface area (Å²) in [6.07, 6.45) is 4.00. The summed E-state index contributed by atoms with van der Waals surface area (Å²) in [7, 11) is 0. The maximum Gasteiger partial charge on any atom is 0.226 e. The predicted octanol–water partition coefficient (Wildman–Crippen LogP) is 3.65. The fraction of sp³-hybridized carbons (Fsp3) is 0.400. The Labute approximate surface area is 160 Å². The van der Waals surface area contributed by atoms with Crippen LogP contribution in [-0.4, -0.2) is 33.7 Å². The Morgan fingerprint density at radius 3 is 2.73 bits per heavy atom. The van der Waals surface area contributed by atoms with E-state index in [2.05, 4.69) is 58.0 Å². The van der Waals surface area contributed by atoms with Crippen molar-refractivity contribution in [2.24, 2.45) is 0 Å². The van der Waals surface area contributed by atoms with Crippen LogP contribution < -0.4 is 10.1 Å². The summed E-state index contributed by atoms with van der Waals surface area (Å²) in [5, 5.41) is 4.50. The molecule has 1 aliphatic rings. The van der Waals surface area contributed by atoms with Gasteiger partial charge in [0.2, 0.25) is 5.88 Å². The Balaban J connectivity index is 0.00000196. The van der Waals surface area contributed by atoms with E-state index >= 15 is 0 Å². The maximum absolute atomic E-state index is 6.08. The average molecular weight is 373 g/mol. The molecule has 0 aliphatic carbocycles. The Bertz CT molecular complexity index is 872. The zero-order chi connectivity index (χ0) is 17.2. The summed E-state index contributed by atoms with van der Waals surface area (Å²) in [6, 6.07) is 10.9. The number of nitrogens with one attached hydrogen (secondary N) is 1. The molecular formula is C20H25ClN4O. The van der Waals surface area contributed by atoms with E-state index in [1.807, 2.05) is 6.07 Å². The number of hydrogen-bond donors (Lipinski definition) is 1. The number of fused-ring (bicyclic) bond motifs is 1. The van der Waals surface area contributed by atoms with Crippen LogP contribution in [0.25, 0.3) is 11.0 Å². The topological polar surface area (TPSA) is 52.0 Å². The fourth-order valence-electron chi connectivity index (χ4n) is 3.58. The molecule has 1 fully saturated rings. The minimum absolute atomic E-state index is 0. The highest BCUT2D eigenvalue weighted by atomic mass is 35.5. The molecule has 138 valence electrons. The molecule has 5 nitrogen and oxygen atoms in total. The molecule has 1 saturated heterocycles. The molecule has 1 atom stereocenters. The second kappa shape index (κ2) is 8.06. The van der Waals surface area contributed by atoms with Crippen molar-refractivity contribution in [2.75, 3.05) is 13.2 Å². The molecule has 0 saturated carbocycles. The van der Waals surface area contributed by atoms with Crippen LogP contribution in [0.4, 0.5) is 0 Å². The molecule has 1 N–H and O–H groups in total. The van der Waals surface area contributed by atoms with Gasteiger partial charge in [-0.05, 0) is 44.4 Å². The van der Waals surface area contributed by atoms with Crippen molar-refractivity contribution < 1.29 is 4.74 Å². The highest BCUT2D eigenvalue weighted by molar-refractivity contribution is 5.86. The number of aromatic nitrogens is 3. The SMILES string of the molecule is Cc1c(C)n(Cc2ccccc2)c2ncnc(OCC3CCCN3)c12.Cl. The zero-order valence-electron chi connectivity index (χ0n) is 15.2. The van der Waals surface area contributed by atoms with Crippen molar-refractivity contribution in [1.29, 1.82) is 0 Å². The third-order valence-corrected chi connectivity index (χ3v) is 5.14. The van der Waals surface area contributed by atoms with Gasteiger partial charge in [0.15, 0.2) is 0 Å². The average Bonchev–Trinajstić information content (AvgIpc) is 3.24. The van der Waals surface area contributed by atoms with E-state index in [0.717, 1.165) is 24.1 Å². The monoisotopic (exact) mass is 372 g/mol. The van der Waals surface area contributed by atoms with Crippen molar-refractivity contribution in [3.8, 4) is 5.88 Å². The number of aryl methyl sites for hydroxylation is 1. The zero-order valence-corrected chi connectivity index (χ0v) is 16.1. The minimum atomic E-state index is 0. The van der Waals surface area contributed by atoms with E-state index in [9.17, 15) is 0 Å². The van der Waals surface area contributed by atoms with Crippen LogP contribution >= 0.6 is 12.4 Å². The van der Waals surface area contributed by atoms with Gasteiger partial charge < -0.3 is 14.6 Å². The lowest BCUT2D eigenvalue weighted by molar-refractivity contribution is 0.270. The minimum Gasteiger partial charge on any atom is -0.475 e. The van der Waals surface area contributed by atoms with E-state index in [0.29, 0.717) is 18.5 Å². The van der Waals surface area contributed by atoms with E-state index in [-0.39, 0.29) is 12.4 Å². The Kier molecular flexibility index (Phi) is 5.79. The van der Waals surface area contributed by atoms with Gasteiger partial charge in [0.1, 0.15) is 18.6 Å². The normalized spacial score (nSPS) is 16.6. The summed E-state index contributed by atoms with van der Waals surface area (Å²) in [5.41, 5.74) is 4.62. The molecule has 1 aliphatic heterocycles. The standard InChI is InChI=1S/C20H24N4O.ClH/c1-14-15(2)24(11-16-7-4-3-5-8-16)19-18(14)20(23-13-22-19)25-12-17-9-6-10-21-17;/h3-5,7-8,13,17,21H,6,9-12H2,1-2H3;1H. The van der Waals surface area contributed by atoms with Gasteiger partial charge in [0.25, 0.3) is 0 Å². The first-order valence-electron chi connectivity index (χ1n) is 8.94. The molecule has 0 spiro atoms. The van der Waals surface area contributed by atoms with Gasteiger partial charge >= 0.3 is 0 Å². The van der Waals surface area contributed by atoms with Crippen LogP contribution in [0.3, 0.4) is 0 Å². The molecule has 6 heteroatoms. The highest BCUT2D eigenvalue weighted by Crippen LogP contribution is 2.30. The Morgan fingerprint density at radius 2 is 2.00 bits per heavy atom. The molecule has 4 rings (SSSR count). The van der Waals surface area contributed by atoms with Gasteiger partial charge in [-0.2, -0.15) is 0 Å². The Morgan fingerprint density at radius 1 is 1.19 bits per heavy atom. The summed E-state index contributed by atoms with van der Waals surface area (Å²) in [6.45, 7) is 6.82. The molecule has 0 amide bonds. The van der Waals surface area contributed by atoms with Gasteiger partial charge in [-0.1, -0.05) is 30.3 Å². The van der Waals surface area contributed by atoms with Crippen molar-refractivity contribution in [3.63, 3.8) is 0 Å². The van der Waals surface area contributed by atoms with Crippen LogP contribution in [-0.2, 0) is 6.54 Å². The molecule has 26 heavy (non-hydrogen) atoms. The molecule has 1 unspecified atom stereocenters. The van der Waals surface area contributed by atoms with Crippen LogP contribution in [0.2, 0.25) is 0 Å². The van der Waals surface area contributed by atoms with Gasteiger partial charge in [-0.15, -0.1) is 12.4 Å². The number of halogens is 1. The fourth-order valence-corrected chi connectivity index (χ4v) is 3.58. The van der Waals surface area contributed by atoms with Gasteiger partial charge in [-0.25, -0.2) is 9.97 Å². The third-order valence-electron chi connectivity index (χ3n) is 5.14. The first-order valence-corrected chi connectivity index (χ1v) is 8.94. The maximum atomic E-state index is 6.08. The van der Waals surface area contributed by atoms with Crippen LogP contribution in [0, 0.1) is 13.8 Å². The van der Waals surface area contributed by atoms with Gasteiger partial charge in [0, 0.05) is 18.3 Å². The number of rotatable bonds is 5. The van der Waals surface area contributed by atoms with Crippen molar-refractivity contribution in [2.45, 2.75) is 39.3 Å². The lowest BCUT2D eigenvalue weighted by Gasteiger charge is -2.12. The molecule has 1 aromatic carbocycles. The second-order valence-corrected chi connectivity index (χ2v) is 6.76. The van der Waals surface area contributed by atoms with E-state index < -0.39 is 0 Å². The molecule has 2 aromatic heterocycles. The van der Waals surface area contributed by atoms with E-state index in [1.165, 1.54) is 29.7 Å². The smallest absolute Gasteiger partial charge is 0.226 e. The first kappa shape index (κ1) is 18.7. The third kappa shape index (κ3) is 3.55. The summed E-state index contributed by atoms with van der Waals surface area (Å²) < 4.78 is 8.33. The lowest BCUT2D eigenvalue weighted by Crippen LogP contribution is -2.28. The van der Waals surface area contributed by atoms with Crippen molar-refractivity contribution >= 4 is 23.4 Å². The molecule has 0 radical (unpaired) electrons. The summed E-state index contributed by atoms with van der Waals surface area (Å²) >= 11 is 0. The molecular weight excluding hydrogens is 348 g/mol. The predicted molar refractivity (Wildman–Crippen MR) is 106 cm³/mol. The van der Waals surface area contributed by atoms with Gasteiger partial charge in [0.05, 0.1) is 5.39 Å². The number of benzene rings is 1. The molecule has 3 aromatic rings. The molecule has 0 bridgehead atoms.